The predicted molar refractivity (Wildman–Crippen MR) is 73.9 cm³/mol. The lowest BCUT2D eigenvalue weighted by Gasteiger charge is -2.10. The van der Waals surface area contributed by atoms with E-state index < -0.39 is 5.82 Å². The Morgan fingerprint density at radius 3 is 3.15 bits per heavy atom. The molecule has 1 aromatic rings. The largest absolute Gasteiger partial charge is 0.399 e. The number of benzene rings is 1. The van der Waals surface area contributed by atoms with Crippen molar-refractivity contribution in [3.05, 3.63) is 24.0 Å². The number of anilines is 2. The first kappa shape index (κ1) is 14.7. The molecular formula is C14H19FN2O3. The van der Waals surface area contributed by atoms with Crippen LogP contribution in [0.2, 0.25) is 0 Å². The van der Waals surface area contributed by atoms with E-state index in [0.717, 1.165) is 13.0 Å². The molecule has 1 heterocycles. The Morgan fingerprint density at radius 1 is 1.55 bits per heavy atom. The van der Waals surface area contributed by atoms with E-state index in [-0.39, 0.29) is 24.1 Å². The molecule has 3 N–H and O–H groups in total. The van der Waals surface area contributed by atoms with Gasteiger partial charge in [-0.3, -0.25) is 4.79 Å². The van der Waals surface area contributed by atoms with Crippen molar-refractivity contribution in [2.75, 3.05) is 30.9 Å². The molecule has 0 radical (unpaired) electrons. The highest BCUT2D eigenvalue weighted by Gasteiger charge is 2.15. The third-order valence-electron chi connectivity index (χ3n) is 3.05. The zero-order chi connectivity index (χ0) is 14.4. The first-order chi connectivity index (χ1) is 9.65. The molecule has 2 rings (SSSR count). The normalized spacial score (nSPS) is 18.1. The topological polar surface area (TPSA) is 73.6 Å². The van der Waals surface area contributed by atoms with E-state index in [0.29, 0.717) is 25.3 Å². The lowest BCUT2D eigenvalue weighted by Crippen LogP contribution is -2.16. The molecule has 0 aromatic heterocycles. The summed E-state index contributed by atoms with van der Waals surface area (Å²) in [5, 5.41) is 2.51. The first-order valence-corrected chi connectivity index (χ1v) is 6.69. The van der Waals surface area contributed by atoms with Crippen LogP contribution in [0.4, 0.5) is 15.8 Å². The van der Waals surface area contributed by atoms with Crippen molar-refractivity contribution in [1.29, 1.82) is 0 Å². The minimum atomic E-state index is -0.494. The smallest absolute Gasteiger partial charge is 0.224 e. The van der Waals surface area contributed by atoms with Gasteiger partial charge in [0.15, 0.2) is 0 Å². The monoisotopic (exact) mass is 282 g/mol. The second-order valence-corrected chi connectivity index (χ2v) is 4.75. The summed E-state index contributed by atoms with van der Waals surface area (Å²) in [5.74, 6) is -0.743. The molecule has 1 aliphatic rings. The number of halogens is 1. The summed E-state index contributed by atoms with van der Waals surface area (Å²) in [6, 6.07) is 4.08. The van der Waals surface area contributed by atoms with Crippen molar-refractivity contribution in [3.63, 3.8) is 0 Å². The molecule has 0 bridgehead atoms. The third-order valence-corrected chi connectivity index (χ3v) is 3.05. The van der Waals surface area contributed by atoms with Gasteiger partial charge in [0.2, 0.25) is 5.91 Å². The van der Waals surface area contributed by atoms with E-state index in [4.69, 9.17) is 15.2 Å². The number of hydrogen-bond donors (Lipinski definition) is 2. The SMILES string of the molecule is Nc1ccc(F)c(NC(=O)CCCOC2CCOC2)c1. The van der Waals surface area contributed by atoms with Gasteiger partial charge in [-0.2, -0.15) is 0 Å². The molecule has 6 heteroatoms. The second-order valence-electron chi connectivity index (χ2n) is 4.75. The molecule has 1 fully saturated rings. The lowest BCUT2D eigenvalue weighted by molar-refractivity contribution is -0.116. The van der Waals surface area contributed by atoms with E-state index in [1.807, 2.05) is 0 Å². The number of rotatable bonds is 6. The summed E-state index contributed by atoms with van der Waals surface area (Å²) in [6.45, 7) is 1.86. The van der Waals surface area contributed by atoms with Crippen molar-refractivity contribution < 1.29 is 18.7 Å². The summed E-state index contributed by atoms with van der Waals surface area (Å²) in [6.07, 6.45) is 1.92. The maximum Gasteiger partial charge on any atom is 0.224 e. The summed E-state index contributed by atoms with van der Waals surface area (Å²) in [5.41, 5.74) is 6.06. The van der Waals surface area contributed by atoms with Crippen molar-refractivity contribution >= 4 is 17.3 Å². The molecule has 1 saturated heterocycles. The predicted octanol–water partition coefficient (Wildman–Crippen LogP) is 1.93. The van der Waals surface area contributed by atoms with Gasteiger partial charge in [-0.05, 0) is 31.0 Å². The Balaban J connectivity index is 1.68. The fraction of sp³-hybridized carbons (Fsp3) is 0.500. The van der Waals surface area contributed by atoms with Gasteiger partial charge >= 0.3 is 0 Å². The van der Waals surface area contributed by atoms with Crippen LogP contribution < -0.4 is 11.1 Å². The lowest BCUT2D eigenvalue weighted by atomic mass is 10.2. The first-order valence-electron chi connectivity index (χ1n) is 6.69. The van der Waals surface area contributed by atoms with Gasteiger partial charge in [-0.15, -0.1) is 0 Å². The Hall–Kier alpha value is -1.66. The molecule has 1 aromatic carbocycles. The van der Waals surface area contributed by atoms with Gasteiger partial charge in [-0.1, -0.05) is 0 Å². The van der Waals surface area contributed by atoms with Crippen molar-refractivity contribution in [2.24, 2.45) is 0 Å². The van der Waals surface area contributed by atoms with Crippen LogP contribution in [-0.2, 0) is 14.3 Å². The maximum atomic E-state index is 13.4. The van der Waals surface area contributed by atoms with Crippen LogP contribution in [0.5, 0.6) is 0 Å². The number of carbonyl (C=O) groups excluding carboxylic acids is 1. The van der Waals surface area contributed by atoms with E-state index in [9.17, 15) is 9.18 Å². The summed E-state index contributed by atoms with van der Waals surface area (Å²) in [4.78, 5) is 11.7. The van der Waals surface area contributed by atoms with Crippen LogP contribution in [0.15, 0.2) is 18.2 Å². The van der Waals surface area contributed by atoms with Crippen LogP contribution >= 0.6 is 0 Å². The molecule has 20 heavy (non-hydrogen) atoms. The van der Waals surface area contributed by atoms with Crippen LogP contribution in [0.1, 0.15) is 19.3 Å². The van der Waals surface area contributed by atoms with Gasteiger partial charge in [0.1, 0.15) is 5.82 Å². The number of carbonyl (C=O) groups is 1. The summed E-state index contributed by atoms with van der Waals surface area (Å²) < 4.78 is 24.1. The van der Waals surface area contributed by atoms with Gasteiger partial charge in [-0.25, -0.2) is 4.39 Å². The zero-order valence-corrected chi connectivity index (χ0v) is 11.2. The minimum Gasteiger partial charge on any atom is -0.399 e. The fourth-order valence-electron chi connectivity index (χ4n) is 1.98. The second kappa shape index (κ2) is 7.21. The standard InChI is InChI=1S/C14H19FN2O3/c15-12-4-3-10(16)8-13(12)17-14(18)2-1-6-20-11-5-7-19-9-11/h3-4,8,11H,1-2,5-7,9,16H2,(H,17,18). The van der Waals surface area contributed by atoms with Gasteiger partial charge in [0, 0.05) is 25.3 Å². The van der Waals surface area contributed by atoms with Crippen molar-refractivity contribution in [1.82, 2.24) is 0 Å². The van der Waals surface area contributed by atoms with Crippen molar-refractivity contribution in [2.45, 2.75) is 25.4 Å². The fourth-order valence-corrected chi connectivity index (χ4v) is 1.98. The van der Waals surface area contributed by atoms with Crippen LogP contribution in [0.3, 0.4) is 0 Å². The minimum absolute atomic E-state index is 0.111. The van der Waals surface area contributed by atoms with Gasteiger partial charge in [0.05, 0.1) is 18.4 Å². The molecule has 110 valence electrons. The average Bonchev–Trinajstić information content (AvgIpc) is 2.92. The summed E-state index contributed by atoms with van der Waals surface area (Å²) >= 11 is 0. The Morgan fingerprint density at radius 2 is 2.40 bits per heavy atom. The number of hydrogen-bond acceptors (Lipinski definition) is 4. The maximum absolute atomic E-state index is 13.4. The van der Waals surface area contributed by atoms with E-state index in [2.05, 4.69) is 5.32 Å². The number of nitrogens with two attached hydrogens (primary N) is 1. The molecule has 1 amide bonds. The number of ether oxygens (including phenoxy) is 2. The highest BCUT2D eigenvalue weighted by atomic mass is 19.1. The summed E-state index contributed by atoms with van der Waals surface area (Å²) in [7, 11) is 0. The van der Waals surface area contributed by atoms with Gasteiger partial charge in [0.25, 0.3) is 0 Å². The molecule has 0 spiro atoms. The van der Waals surface area contributed by atoms with E-state index in [1.165, 1.54) is 18.2 Å². The molecule has 1 aliphatic heterocycles. The quantitative estimate of drug-likeness (QED) is 0.617. The highest BCUT2D eigenvalue weighted by Crippen LogP contribution is 2.17. The number of nitrogens with one attached hydrogen (secondary N) is 1. The zero-order valence-electron chi connectivity index (χ0n) is 11.2. The number of nitrogen functional groups attached to an aromatic ring is 1. The Labute approximate surface area is 117 Å². The molecule has 0 aliphatic carbocycles. The Kier molecular flexibility index (Phi) is 5.31. The number of amides is 1. The molecule has 1 atom stereocenters. The van der Waals surface area contributed by atoms with Crippen LogP contribution in [0, 0.1) is 5.82 Å². The van der Waals surface area contributed by atoms with Crippen molar-refractivity contribution in [3.8, 4) is 0 Å². The van der Waals surface area contributed by atoms with Gasteiger partial charge < -0.3 is 20.5 Å². The molecule has 5 nitrogen and oxygen atoms in total. The third kappa shape index (κ3) is 4.47. The van der Waals surface area contributed by atoms with E-state index in [1.54, 1.807) is 0 Å². The highest BCUT2D eigenvalue weighted by molar-refractivity contribution is 5.91. The molecule has 0 saturated carbocycles. The van der Waals surface area contributed by atoms with Crippen LogP contribution in [0.25, 0.3) is 0 Å². The average molecular weight is 282 g/mol. The van der Waals surface area contributed by atoms with Crippen LogP contribution in [-0.4, -0.2) is 31.8 Å². The van der Waals surface area contributed by atoms with E-state index >= 15 is 0 Å². The Bertz CT molecular complexity index is 462. The molecular weight excluding hydrogens is 263 g/mol. The molecule has 1 unspecified atom stereocenters.